The number of amides is 2. The monoisotopic (exact) mass is 429 g/mol. The molecule has 3 aromatic carbocycles. The molecule has 3 aromatic rings. The van der Waals surface area contributed by atoms with Gasteiger partial charge in [-0.05, 0) is 65.9 Å². The summed E-state index contributed by atoms with van der Waals surface area (Å²) < 4.78 is 5.16. The number of nitrogens with zero attached hydrogens (tertiary/aromatic N) is 1. The Morgan fingerprint density at radius 2 is 1.50 bits per heavy atom. The first kappa shape index (κ1) is 21.9. The molecule has 32 heavy (non-hydrogen) atoms. The van der Waals surface area contributed by atoms with E-state index in [-0.39, 0.29) is 6.03 Å². The van der Waals surface area contributed by atoms with Crippen molar-refractivity contribution >= 4 is 6.03 Å². The molecule has 2 N–H and O–H groups in total. The van der Waals surface area contributed by atoms with Crippen molar-refractivity contribution in [3.8, 4) is 16.9 Å². The minimum absolute atomic E-state index is 0.184. The Kier molecular flexibility index (Phi) is 7.41. The Bertz CT molecular complexity index is 1010. The summed E-state index contributed by atoms with van der Waals surface area (Å²) in [5, 5.41) is 5.89. The molecule has 1 saturated heterocycles. The van der Waals surface area contributed by atoms with E-state index in [9.17, 15) is 4.79 Å². The second-order valence-electron chi connectivity index (χ2n) is 8.22. The van der Waals surface area contributed by atoms with E-state index in [1.165, 1.54) is 37.1 Å². The van der Waals surface area contributed by atoms with Crippen molar-refractivity contribution in [3.05, 3.63) is 89.5 Å². The zero-order valence-corrected chi connectivity index (χ0v) is 18.6. The molecule has 0 aliphatic carbocycles. The van der Waals surface area contributed by atoms with Crippen LogP contribution in [-0.2, 0) is 19.6 Å². The maximum atomic E-state index is 12.3. The van der Waals surface area contributed by atoms with Crippen LogP contribution in [0.1, 0.15) is 29.5 Å². The molecule has 0 saturated carbocycles. The van der Waals surface area contributed by atoms with Crippen LogP contribution in [0.15, 0.2) is 72.8 Å². The number of rotatable bonds is 8. The highest BCUT2D eigenvalue weighted by atomic mass is 16.5. The molecule has 0 bridgehead atoms. The van der Waals surface area contributed by atoms with Gasteiger partial charge in [0, 0.05) is 19.6 Å². The van der Waals surface area contributed by atoms with Gasteiger partial charge in [0.2, 0.25) is 0 Å². The summed E-state index contributed by atoms with van der Waals surface area (Å²) >= 11 is 0. The fourth-order valence-electron chi connectivity index (χ4n) is 4.11. The van der Waals surface area contributed by atoms with Gasteiger partial charge in [-0.1, -0.05) is 60.7 Å². The van der Waals surface area contributed by atoms with Crippen molar-refractivity contribution in [1.29, 1.82) is 0 Å². The van der Waals surface area contributed by atoms with E-state index >= 15 is 0 Å². The fourth-order valence-corrected chi connectivity index (χ4v) is 4.11. The molecule has 0 unspecified atom stereocenters. The summed E-state index contributed by atoms with van der Waals surface area (Å²) in [5.41, 5.74) is 5.79. The van der Waals surface area contributed by atoms with E-state index in [0.29, 0.717) is 13.1 Å². The van der Waals surface area contributed by atoms with Crippen LogP contribution in [0.4, 0.5) is 4.79 Å². The maximum absolute atomic E-state index is 12.3. The molecule has 166 valence electrons. The quantitative estimate of drug-likeness (QED) is 0.532. The van der Waals surface area contributed by atoms with Crippen LogP contribution in [0, 0.1) is 0 Å². The minimum atomic E-state index is -0.184. The number of carbonyl (C=O) groups excluding carboxylic acids is 1. The van der Waals surface area contributed by atoms with E-state index in [1.807, 2.05) is 36.4 Å². The molecule has 0 atom stereocenters. The topological polar surface area (TPSA) is 53.6 Å². The molecule has 1 heterocycles. The van der Waals surface area contributed by atoms with Gasteiger partial charge >= 0.3 is 6.03 Å². The number of likely N-dealkylation sites (tertiary alicyclic amines) is 1. The van der Waals surface area contributed by atoms with Gasteiger partial charge in [0.05, 0.1) is 7.11 Å². The molecular weight excluding hydrogens is 398 g/mol. The number of methoxy groups -OCH3 is 1. The van der Waals surface area contributed by atoms with Crippen molar-refractivity contribution in [3.63, 3.8) is 0 Å². The smallest absolute Gasteiger partial charge is 0.315 e. The van der Waals surface area contributed by atoms with Crippen LogP contribution in [0.3, 0.4) is 0 Å². The first-order valence-electron chi connectivity index (χ1n) is 11.3. The Balaban J connectivity index is 1.33. The van der Waals surface area contributed by atoms with Crippen LogP contribution >= 0.6 is 0 Å². The molecule has 1 fully saturated rings. The van der Waals surface area contributed by atoms with Crippen molar-refractivity contribution in [2.45, 2.75) is 32.5 Å². The largest absolute Gasteiger partial charge is 0.497 e. The SMILES string of the molecule is COc1ccc(CNC(=O)NCc2ccccc2-c2ccc(CN3CCCC3)cc2)cc1. The van der Waals surface area contributed by atoms with E-state index in [0.717, 1.165) is 29.0 Å². The normalized spacial score (nSPS) is 13.7. The summed E-state index contributed by atoms with van der Waals surface area (Å²) in [4.78, 5) is 14.8. The van der Waals surface area contributed by atoms with Crippen LogP contribution in [0.2, 0.25) is 0 Å². The van der Waals surface area contributed by atoms with Crippen molar-refractivity contribution in [2.24, 2.45) is 0 Å². The molecule has 5 heteroatoms. The number of nitrogens with one attached hydrogen (secondary N) is 2. The summed E-state index contributed by atoms with van der Waals surface area (Å²) in [6, 6.07) is 24.5. The van der Waals surface area contributed by atoms with Gasteiger partial charge in [0.1, 0.15) is 5.75 Å². The zero-order valence-electron chi connectivity index (χ0n) is 18.6. The molecule has 1 aliphatic rings. The fraction of sp³-hybridized carbons (Fsp3) is 0.296. The van der Waals surface area contributed by atoms with E-state index < -0.39 is 0 Å². The first-order valence-corrected chi connectivity index (χ1v) is 11.3. The molecule has 0 spiro atoms. The number of carbonyl (C=O) groups is 1. The molecule has 0 aromatic heterocycles. The minimum Gasteiger partial charge on any atom is -0.497 e. The Labute approximate surface area is 190 Å². The van der Waals surface area contributed by atoms with Crippen molar-refractivity contribution < 1.29 is 9.53 Å². The third-order valence-electron chi connectivity index (χ3n) is 5.94. The maximum Gasteiger partial charge on any atom is 0.315 e. The van der Waals surface area contributed by atoms with Crippen molar-refractivity contribution in [2.75, 3.05) is 20.2 Å². The van der Waals surface area contributed by atoms with Gasteiger partial charge in [-0.2, -0.15) is 0 Å². The van der Waals surface area contributed by atoms with Gasteiger partial charge in [-0.25, -0.2) is 4.79 Å². The number of urea groups is 1. The standard InChI is InChI=1S/C27H31N3O2/c1-32-25-14-10-21(11-15-25)18-28-27(31)29-19-24-6-2-3-7-26(24)23-12-8-22(9-13-23)20-30-16-4-5-17-30/h2-3,6-15H,4-5,16-20H2,1H3,(H2,28,29,31). The van der Waals surface area contributed by atoms with E-state index in [1.54, 1.807) is 7.11 Å². The molecular formula is C27H31N3O2. The first-order chi connectivity index (χ1) is 15.7. The highest BCUT2D eigenvalue weighted by molar-refractivity contribution is 5.75. The van der Waals surface area contributed by atoms with Crippen LogP contribution in [0.5, 0.6) is 5.75 Å². The van der Waals surface area contributed by atoms with Crippen LogP contribution in [-0.4, -0.2) is 31.1 Å². The van der Waals surface area contributed by atoms with Gasteiger partial charge in [0.15, 0.2) is 0 Å². The average Bonchev–Trinajstić information content (AvgIpc) is 3.35. The molecule has 0 radical (unpaired) electrons. The third-order valence-corrected chi connectivity index (χ3v) is 5.94. The number of ether oxygens (including phenoxy) is 1. The second-order valence-corrected chi connectivity index (χ2v) is 8.22. The zero-order chi connectivity index (χ0) is 22.2. The predicted molar refractivity (Wildman–Crippen MR) is 128 cm³/mol. The van der Waals surface area contributed by atoms with Crippen molar-refractivity contribution in [1.82, 2.24) is 15.5 Å². The third kappa shape index (κ3) is 5.89. The highest BCUT2D eigenvalue weighted by Crippen LogP contribution is 2.25. The van der Waals surface area contributed by atoms with Gasteiger partial charge in [-0.15, -0.1) is 0 Å². The molecule has 5 nitrogen and oxygen atoms in total. The number of hydrogen-bond acceptors (Lipinski definition) is 3. The predicted octanol–water partition coefficient (Wildman–Crippen LogP) is 4.96. The highest BCUT2D eigenvalue weighted by Gasteiger charge is 2.12. The summed E-state index contributed by atoms with van der Waals surface area (Å²) in [7, 11) is 1.64. The van der Waals surface area contributed by atoms with Crippen LogP contribution in [0.25, 0.3) is 11.1 Å². The Morgan fingerprint density at radius 1 is 0.844 bits per heavy atom. The lowest BCUT2D eigenvalue weighted by Crippen LogP contribution is -2.34. The van der Waals surface area contributed by atoms with E-state index in [2.05, 4.69) is 51.9 Å². The average molecular weight is 430 g/mol. The lowest BCUT2D eigenvalue weighted by Gasteiger charge is -2.15. The summed E-state index contributed by atoms with van der Waals surface area (Å²) in [6.45, 7) is 4.38. The Morgan fingerprint density at radius 3 is 2.22 bits per heavy atom. The van der Waals surface area contributed by atoms with E-state index in [4.69, 9.17) is 4.74 Å². The molecule has 1 aliphatic heterocycles. The second kappa shape index (κ2) is 10.8. The van der Waals surface area contributed by atoms with Gasteiger partial charge in [-0.3, -0.25) is 4.90 Å². The number of benzene rings is 3. The lowest BCUT2D eigenvalue weighted by atomic mass is 9.98. The summed E-state index contributed by atoms with van der Waals surface area (Å²) in [6.07, 6.45) is 2.62. The van der Waals surface area contributed by atoms with Crippen LogP contribution < -0.4 is 15.4 Å². The lowest BCUT2D eigenvalue weighted by molar-refractivity contribution is 0.240. The molecule has 4 rings (SSSR count). The Hall–Kier alpha value is -3.31. The van der Waals surface area contributed by atoms with Gasteiger partial charge in [0.25, 0.3) is 0 Å². The van der Waals surface area contributed by atoms with Gasteiger partial charge < -0.3 is 15.4 Å². The number of hydrogen-bond donors (Lipinski definition) is 2. The summed E-state index contributed by atoms with van der Waals surface area (Å²) in [5.74, 6) is 0.805. The molecule has 2 amide bonds.